The van der Waals surface area contributed by atoms with E-state index in [1.54, 1.807) is 0 Å². The number of carbonyl (C=O) groups excluding carboxylic acids is 2. The minimum Gasteiger partial charge on any atom is -0.457 e. The minimum absolute atomic E-state index is 0.0188. The molecule has 0 aliphatic carbocycles. The maximum Gasteiger partial charge on any atom is 0.319 e. The van der Waals surface area contributed by atoms with Gasteiger partial charge in [0.2, 0.25) is 5.91 Å². The largest absolute Gasteiger partial charge is 0.457 e. The number of amides is 3. The molecule has 3 saturated heterocycles. The molecule has 3 heterocycles. The summed E-state index contributed by atoms with van der Waals surface area (Å²) in [6.45, 7) is 5.25. The van der Waals surface area contributed by atoms with Crippen LogP contribution < -0.4 is 25.6 Å². The number of rotatable bonds is 12. The number of piperidine rings is 1. The van der Waals surface area contributed by atoms with Crippen LogP contribution in [0.5, 0.6) is 11.5 Å². The normalized spacial score (nSPS) is 20.9. The number of urea groups is 1. The molecule has 6 aromatic rings. The molecule has 3 aliphatic heterocycles. The molecule has 1 spiro atoms. The topological polar surface area (TPSA) is 125 Å². The number of nitrogens with zero attached hydrogens (tertiary/aromatic N) is 2. The molecule has 4 N–H and O–H groups in total. The SMILES string of the molecule is CC1C(CN2CCC3(CC2)C(=O)NCN3c2ccccc2)OC(c2cccc(-c3cccc(CNC(=O)Nc4ccc(Oc5ccccc5)cc4)c3)c2)OC1c1ccc(CO)cc1. The highest BCUT2D eigenvalue weighted by atomic mass is 16.7. The predicted octanol–water partition coefficient (Wildman–Crippen LogP) is 9.18. The van der Waals surface area contributed by atoms with Gasteiger partial charge >= 0.3 is 6.03 Å². The lowest BCUT2D eigenvalue weighted by Crippen LogP contribution is -2.57. The molecule has 0 aromatic heterocycles. The molecule has 0 bridgehead atoms. The zero-order valence-corrected chi connectivity index (χ0v) is 35.4. The predicted molar refractivity (Wildman–Crippen MR) is 244 cm³/mol. The molecular weight excluding hydrogens is 791 g/mol. The van der Waals surface area contributed by atoms with E-state index in [0.29, 0.717) is 31.2 Å². The lowest BCUT2D eigenvalue weighted by Gasteiger charge is -2.46. The number of hydrogen-bond acceptors (Lipinski definition) is 8. The second kappa shape index (κ2) is 18.9. The molecule has 11 heteroatoms. The van der Waals surface area contributed by atoms with Gasteiger partial charge in [-0.15, -0.1) is 0 Å². The van der Waals surface area contributed by atoms with E-state index in [2.05, 4.69) is 69.1 Å². The minimum atomic E-state index is -0.633. The fourth-order valence-corrected chi connectivity index (χ4v) is 9.03. The van der Waals surface area contributed by atoms with Gasteiger partial charge in [0.1, 0.15) is 17.0 Å². The van der Waals surface area contributed by atoms with Gasteiger partial charge < -0.3 is 45.1 Å². The number of carbonyl (C=O) groups is 2. The van der Waals surface area contributed by atoms with Crippen LogP contribution in [0.25, 0.3) is 11.1 Å². The molecule has 9 rings (SSSR count). The number of aliphatic hydroxyl groups excluding tert-OH is 1. The quantitative estimate of drug-likeness (QED) is 0.0962. The van der Waals surface area contributed by atoms with Gasteiger partial charge in [-0.2, -0.15) is 0 Å². The third-order valence-electron chi connectivity index (χ3n) is 12.6. The Morgan fingerprint density at radius 1 is 0.762 bits per heavy atom. The van der Waals surface area contributed by atoms with Crippen LogP contribution in [0.15, 0.2) is 158 Å². The van der Waals surface area contributed by atoms with E-state index in [9.17, 15) is 14.7 Å². The van der Waals surface area contributed by atoms with Gasteiger partial charge in [-0.25, -0.2) is 4.79 Å². The number of anilines is 2. The summed E-state index contributed by atoms with van der Waals surface area (Å²) in [6, 6.07) is 51.1. The van der Waals surface area contributed by atoms with Gasteiger partial charge in [0.15, 0.2) is 6.29 Å². The van der Waals surface area contributed by atoms with E-state index in [0.717, 1.165) is 70.7 Å². The molecule has 11 nitrogen and oxygen atoms in total. The van der Waals surface area contributed by atoms with E-state index in [1.807, 2.05) is 121 Å². The van der Waals surface area contributed by atoms with Crippen molar-refractivity contribution < 1.29 is 28.9 Å². The highest BCUT2D eigenvalue weighted by molar-refractivity contribution is 5.93. The molecule has 6 aromatic carbocycles. The van der Waals surface area contributed by atoms with Crippen LogP contribution >= 0.6 is 0 Å². The lowest BCUT2D eigenvalue weighted by molar-refractivity contribution is -0.276. The highest BCUT2D eigenvalue weighted by Crippen LogP contribution is 2.43. The summed E-state index contributed by atoms with van der Waals surface area (Å²) < 4.78 is 19.6. The summed E-state index contributed by atoms with van der Waals surface area (Å²) >= 11 is 0. The van der Waals surface area contributed by atoms with Crippen molar-refractivity contribution in [2.45, 2.75) is 57.0 Å². The van der Waals surface area contributed by atoms with Crippen molar-refractivity contribution >= 4 is 23.3 Å². The van der Waals surface area contributed by atoms with Crippen LogP contribution in [0, 0.1) is 5.92 Å². The Morgan fingerprint density at radius 2 is 1.44 bits per heavy atom. The summed E-state index contributed by atoms with van der Waals surface area (Å²) in [7, 11) is 0. The molecule has 0 radical (unpaired) electrons. The van der Waals surface area contributed by atoms with Crippen LogP contribution in [0.4, 0.5) is 16.2 Å². The van der Waals surface area contributed by atoms with Crippen molar-refractivity contribution in [3.05, 3.63) is 180 Å². The Balaban J connectivity index is 0.870. The summed E-state index contributed by atoms with van der Waals surface area (Å²) in [5.74, 6) is 1.55. The zero-order valence-electron chi connectivity index (χ0n) is 35.4. The Kier molecular flexibility index (Phi) is 12.5. The smallest absolute Gasteiger partial charge is 0.319 e. The molecule has 3 aliphatic rings. The maximum atomic E-state index is 13.4. The number of ether oxygens (including phenoxy) is 3. The van der Waals surface area contributed by atoms with Crippen molar-refractivity contribution in [3.63, 3.8) is 0 Å². The number of hydrogen-bond donors (Lipinski definition) is 4. The average Bonchev–Trinajstić information content (AvgIpc) is 3.65. The fourth-order valence-electron chi connectivity index (χ4n) is 9.03. The zero-order chi connectivity index (χ0) is 43.2. The number of likely N-dealkylation sites (tertiary alicyclic amines) is 1. The molecule has 3 fully saturated rings. The van der Waals surface area contributed by atoms with Crippen molar-refractivity contribution in [2.24, 2.45) is 5.92 Å². The highest BCUT2D eigenvalue weighted by Gasteiger charge is 2.51. The van der Waals surface area contributed by atoms with Crippen LogP contribution in [0.1, 0.15) is 54.4 Å². The van der Waals surface area contributed by atoms with Gasteiger partial charge in [-0.05, 0) is 101 Å². The number of para-hydroxylation sites is 2. The molecule has 3 amide bonds. The second-order valence-electron chi connectivity index (χ2n) is 16.7. The number of aliphatic hydroxyl groups is 1. The summed E-state index contributed by atoms with van der Waals surface area (Å²) in [6.07, 6.45) is 0.401. The number of benzene rings is 6. The molecule has 63 heavy (non-hydrogen) atoms. The molecular formula is C52H53N5O6. The van der Waals surface area contributed by atoms with Gasteiger partial charge in [0.25, 0.3) is 0 Å². The van der Waals surface area contributed by atoms with Crippen molar-refractivity contribution in [1.29, 1.82) is 0 Å². The Morgan fingerprint density at radius 3 is 2.17 bits per heavy atom. The average molecular weight is 844 g/mol. The summed E-state index contributed by atoms with van der Waals surface area (Å²) in [4.78, 5) is 31.0. The molecule has 0 saturated carbocycles. The van der Waals surface area contributed by atoms with E-state index in [1.165, 1.54) is 0 Å². The lowest BCUT2D eigenvalue weighted by atomic mass is 9.84. The van der Waals surface area contributed by atoms with Crippen molar-refractivity contribution in [3.8, 4) is 22.6 Å². The number of nitrogens with one attached hydrogen (secondary N) is 3. The third kappa shape index (κ3) is 9.47. The molecule has 4 atom stereocenters. The van der Waals surface area contributed by atoms with Crippen molar-refractivity contribution in [2.75, 3.05) is 36.5 Å². The Hall–Kier alpha value is -6.50. The second-order valence-corrected chi connectivity index (χ2v) is 16.7. The van der Waals surface area contributed by atoms with E-state index in [4.69, 9.17) is 14.2 Å². The summed E-state index contributed by atoms with van der Waals surface area (Å²) in [5.41, 5.74) is 6.90. The third-order valence-corrected chi connectivity index (χ3v) is 12.6. The fraction of sp³-hybridized carbons (Fsp3) is 0.269. The van der Waals surface area contributed by atoms with E-state index >= 15 is 0 Å². The first-order valence-corrected chi connectivity index (χ1v) is 21.7. The van der Waals surface area contributed by atoms with Gasteiger partial charge in [0.05, 0.1) is 25.5 Å². The molecule has 322 valence electrons. The monoisotopic (exact) mass is 843 g/mol. The van der Waals surface area contributed by atoms with E-state index in [-0.39, 0.29) is 36.7 Å². The first-order valence-electron chi connectivity index (χ1n) is 21.7. The Bertz CT molecular complexity index is 2480. The van der Waals surface area contributed by atoms with Crippen LogP contribution in [-0.4, -0.2) is 59.9 Å². The molecule has 4 unspecified atom stereocenters. The first kappa shape index (κ1) is 41.8. The summed E-state index contributed by atoms with van der Waals surface area (Å²) in [5, 5.41) is 18.8. The Labute approximate surface area is 368 Å². The van der Waals surface area contributed by atoms with E-state index < -0.39 is 11.8 Å². The first-order chi connectivity index (χ1) is 30.8. The van der Waals surface area contributed by atoms with Gasteiger partial charge in [-0.1, -0.05) is 104 Å². The maximum absolute atomic E-state index is 13.4. The van der Waals surface area contributed by atoms with Gasteiger partial charge in [-0.3, -0.25) is 4.79 Å². The van der Waals surface area contributed by atoms with Crippen LogP contribution in [-0.2, 0) is 27.4 Å². The van der Waals surface area contributed by atoms with Gasteiger partial charge in [0, 0.05) is 49.0 Å². The van der Waals surface area contributed by atoms with Crippen LogP contribution in [0.3, 0.4) is 0 Å². The standard InChI is InChI=1S/C52H53N5O6/c1-36-47(33-56-28-26-52(27-29-56)50(59)54-35-57(52)44-14-4-2-5-15-44)62-49(63-48(36)39-20-18-37(34-58)19-21-39)42-13-9-12-41(31-42)40-11-8-10-38(30-40)32-53-51(60)55-43-22-24-46(25-23-43)61-45-16-6-3-7-17-45/h2-25,30-31,36,47-49,58H,26-29,32-35H2,1H3,(H,54,59)(H2,53,55,60). The van der Waals surface area contributed by atoms with Crippen LogP contribution in [0.2, 0.25) is 0 Å². The van der Waals surface area contributed by atoms with Crippen molar-refractivity contribution in [1.82, 2.24) is 15.5 Å².